The second-order valence-corrected chi connectivity index (χ2v) is 4.27. The summed E-state index contributed by atoms with van der Waals surface area (Å²) < 4.78 is 15.6. The van der Waals surface area contributed by atoms with E-state index >= 15 is 0 Å². The van der Waals surface area contributed by atoms with Crippen molar-refractivity contribution in [3.05, 3.63) is 29.8 Å². The van der Waals surface area contributed by atoms with E-state index in [1.165, 1.54) is 33.3 Å². The predicted octanol–water partition coefficient (Wildman–Crippen LogP) is 2.48. The monoisotopic (exact) mass is 290 g/mol. The molecule has 2 aromatic rings. The average molecular weight is 290 g/mol. The van der Waals surface area contributed by atoms with E-state index in [1.54, 1.807) is 12.1 Å². The third-order valence-electron chi connectivity index (χ3n) is 2.94. The molecule has 0 saturated carbocycles. The normalized spacial score (nSPS) is 10.2. The smallest absolute Gasteiger partial charge is 0.335 e. The van der Waals surface area contributed by atoms with Crippen molar-refractivity contribution in [1.82, 2.24) is 0 Å². The van der Waals surface area contributed by atoms with Gasteiger partial charge in [0.15, 0.2) is 0 Å². The molecule has 6 nitrogen and oxygen atoms in total. The number of ether oxygens (including phenoxy) is 3. The molecule has 21 heavy (non-hydrogen) atoms. The number of carbonyl (C=O) groups excluding carboxylic acids is 1. The first-order chi connectivity index (χ1) is 9.97. The summed E-state index contributed by atoms with van der Waals surface area (Å²) in [5.41, 5.74) is -0.00898. The van der Waals surface area contributed by atoms with Gasteiger partial charge >= 0.3 is 11.9 Å². The van der Waals surface area contributed by atoms with Crippen molar-refractivity contribution < 1.29 is 28.9 Å². The summed E-state index contributed by atoms with van der Waals surface area (Å²) in [4.78, 5) is 22.5. The maximum Gasteiger partial charge on any atom is 0.335 e. The highest BCUT2D eigenvalue weighted by molar-refractivity contribution is 6.03. The molecule has 0 aromatic heterocycles. The molecule has 0 unspecified atom stereocenters. The summed E-state index contributed by atoms with van der Waals surface area (Å²) in [6, 6.07) is 6.05. The fourth-order valence-corrected chi connectivity index (χ4v) is 2.10. The lowest BCUT2D eigenvalue weighted by atomic mass is 10.0. The Bertz CT molecular complexity index is 720. The number of fused-ring (bicyclic) bond motifs is 1. The molecule has 0 saturated heterocycles. The van der Waals surface area contributed by atoms with Gasteiger partial charge in [-0.1, -0.05) is 0 Å². The van der Waals surface area contributed by atoms with Gasteiger partial charge in [-0.2, -0.15) is 0 Å². The van der Waals surface area contributed by atoms with Gasteiger partial charge in [0, 0.05) is 12.3 Å². The number of carboxylic acid groups (broad SMARTS) is 1. The van der Waals surface area contributed by atoms with E-state index in [1.807, 2.05) is 0 Å². The zero-order valence-electron chi connectivity index (χ0n) is 11.8. The third kappa shape index (κ3) is 2.74. The molecule has 0 spiro atoms. The molecular formula is C15H14O6. The minimum atomic E-state index is -1.13. The standard InChI is InChI=1S/C15H14O6/c1-8(16)21-13-7-9(15(17)18)6-10-11(19-2)4-5-12(20-3)14(10)13/h4-7H,1-3H3,(H,17,18). The van der Waals surface area contributed by atoms with Crippen LogP contribution in [0.25, 0.3) is 10.8 Å². The molecule has 0 aliphatic heterocycles. The van der Waals surface area contributed by atoms with Gasteiger partial charge < -0.3 is 19.3 Å². The lowest BCUT2D eigenvalue weighted by Gasteiger charge is -2.14. The third-order valence-corrected chi connectivity index (χ3v) is 2.94. The summed E-state index contributed by atoms with van der Waals surface area (Å²) in [6.07, 6.45) is 0. The van der Waals surface area contributed by atoms with Crippen molar-refractivity contribution in [2.24, 2.45) is 0 Å². The number of aromatic carboxylic acids is 1. The highest BCUT2D eigenvalue weighted by Gasteiger charge is 2.18. The molecule has 0 amide bonds. The summed E-state index contributed by atoms with van der Waals surface area (Å²) in [5.74, 6) is -0.645. The van der Waals surface area contributed by atoms with Crippen LogP contribution in [0.1, 0.15) is 17.3 Å². The first kappa shape index (κ1) is 14.6. The molecule has 0 heterocycles. The van der Waals surface area contributed by atoms with E-state index in [-0.39, 0.29) is 11.3 Å². The first-order valence-electron chi connectivity index (χ1n) is 6.08. The molecule has 2 aromatic carbocycles. The number of esters is 1. The van der Waals surface area contributed by atoms with E-state index in [0.29, 0.717) is 22.3 Å². The Hall–Kier alpha value is -2.76. The van der Waals surface area contributed by atoms with Crippen molar-refractivity contribution in [1.29, 1.82) is 0 Å². The molecule has 0 bridgehead atoms. The van der Waals surface area contributed by atoms with Crippen LogP contribution in [0.15, 0.2) is 24.3 Å². The van der Waals surface area contributed by atoms with Crippen LogP contribution in [0.2, 0.25) is 0 Å². The second-order valence-electron chi connectivity index (χ2n) is 4.27. The lowest BCUT2D eigenvalue weighted by molar-refractivity contribution is -0.131. The van der Waals surface area contributed by atoms with Crippen LogP contribution in [0.5, 0.6) is 17.2 Å². The summed E-state index contributed by atoms with van der Waals surface area (Å²) in [6.45, 7) is 1.24. The highest BCUT2D eigenvalue weighted by Crippen LogP contribution is 2.40. The Balaban J connectivity index is 2.88. The van der Waals surface area contributed by atoms with Gasteiger partial charge in [0.05, 0.1) is 25.2 Å². The van der Waals surface area contributed by atoms with Crippen molar-refractivity contribution in [2.75, 3.05) is 14.2 Å². The first-order valence-corrected chi connectivity index (χ1v) is 6.08. The number of carbonyl (C=O) groups is 2. The number of carboxylic acids is 1. The topological polar surface area (TPSA) is 82.1 Å². The van der Waals surface area contributed by atoms with Crippen molar-refractivity contribution in [3.8, 4) is 17.2 Å². The molecule has 0 radical (unpaired) electrons. The molecule has 2 rings (SSSR count). The largest absolute Gasteiger partial charge is 0.496 e. The molecule has 0 atom stereocenters. The van der Waals surface area contributed by atoms with Gasteiger partial charge in [-0.25, -0.2) is 4.79 Å². The van der Waals surface area contributed by atoms with Gasteiger partial charge in [-0.3, -0.25) is 4.79 Å². The Morgan fingerprint density at radius 2 is 1.62 bits per heavy atom. The molecule has 110 valence electrons. The Morgan fingerprint density at radius 1 is 1.00 bits per heavy atom. The van der Waals surface area contributed by atoms with Gasteiger partial charge in [0.2, 0.25) is 0 Å². The maximum atomic E-state index is 11.3. The zero-order chi connectivity index (χ0) is 15.6. The average Bonchev–Trinajstić information content (AvgIpc) is 2.45. The Kier molecular flexibility index (Phi) is 3.98. The van der Waals surface area contributed by atoms with E-state index in [9.17, 15) is 14.7 Å². The van der Waals surface area contributed by atoms with Crippen LogP contribution in [-0.2, 0) is 4.79 Å². The van der Waals surface area contributed by atoms with E-state index in [2.05, 4.69) is 0 Å². The zero-order valence-corrected chi connectivity index (χ0v) is 11.8. The predicted molar refractivity (Wildman–Crippen MR) is 75.3 cm³/mol. The molecule has 1 N–H and O–H groups in total. The highest BCUT2D eigenvalue weighted by atomic mass is 16.5. The minimum absolute atomic E-state index is 0.00898. The van der Waals surface area contributed by atoms with E-state index in [0.717, 1.165) is 0 Å². The molecule has 0 aliphatic rings. The lowest BCUT2D eigenvalue weighted by Crippen LogP contribution is -2.05. The summed E-state index contributed by atoms with van der Waals surface area (Å²) in [7, 11) is 2.95. The summed E-state index contributed by atoms with van der Waals surface area (Å²) >= 11 is 0. The number of methoxy groups -OCH3 is 2. The number of rotatable bonds is 4. The van der Waals surface area contributed by atoms with Crippen LogP contribution < -0.4 is 14.2 Å². The molecule has 0 aliphatic carbocycles. The molecule has 0 fully saturated rings. The van der Waals surface area contributed by atoms with Gasteiger partial charge in [0.25, 0.3) is 0 Å². The van der Waals surface area contributed by atoms with Crippen LogP contribution >= 0.6 is 0 Å². The number of benzene rings is 2. The Morgan fingerprint density at radius 3 is 2.14 bits per heavy atom. The van der Waals surface area contributed by atoms with Crippen molar-refractivity contribution in [2.45, 2.75) is 6.92 Å². The number of hydrogen-bond acceptors (Lipinski definition) is 5. The molecular weight excluding hydrogens is 276 g/mol. The second kappa shape index (κ2) is 5.70. The van der Waals surface area contributed by atoms with Crippen LogP contribution in [0.4, 0.5) is 0 Å². The van der Waals surface area contributed by atoms with E-state index in [4.69, 9.17) is 14.2 Å². The van der Waals surface area contributed by atoms with Crippen molar-refractivity contribution in [3.63, 3.8) is 0 Å². The fourth-order valence-electron chi connectivity index (χ4n) is 2.10. The van der Waals surface area contributed by atoms with E-state index < -0.39 is 11.9 Å². The van der Waals surface area contributed by atoms with Crippen LogP contribution in [-0.4, -0.2) is 31.3 Å². The Labute approximate surface area is 120 Å². The van der Waals surface area contributed by atoms with Crippen LogP contribution in [0, 0.1) is 0 Å². The number of hydrogen-bond donors (Lipinski definition) is 1. The SMILES string of the molecule is COc1ccc(OC)c2c(OC(C)=O)cc(C(=O)O)cc12. The van der Waals surface area contributed by atoms with Gasteiger partial charge in [-0.15, -0.1) is 0 Å². The quantitative estimate of drug-likeness (QED) is 0.688. The van der Waals surface area contributed by atoms with Gasteiger partial charge in [-0.05, 0) is 24.3 Å². The fraction of sp³-hybridized carbons (Fsp3) is 0.200. The maximum absolute atomic E-state index is 11.3. The van der Waals surface area contributed by atoms with Crippen LogP contribution in [0.3, 0.4) is 0 Å². The minimum Gasteiger partial charge on any atom is -0.496 e. The van der Waals surface area contributed by atoms with Crippen molar-refractivity contribution >= 4 is 22.7 Å². The molecule has 6 heteroatoms. The van der Waals surface area contributed by atoms with Gasteiger partial charge in [0.1, 0.15) is 17.2 Å². The summed E-state index contributed by atoms with van der Waals surface area (Å²) in [5, 5.41) is 10.2.